The number of hydrogen-bond acceptors (Lipinski definition) is 1. The second kappa shape index (κ2) is 3.92. The van der Waals surface area contributed by atoms with Gasteiger partial charge >= 0.3 is 0 Å². The minimum absolute atomic E-state index is 0.183. The van der Waals surface area contributed by atoms with Crippen LogP contribution in [0.25, 0.3) is 0 Å². The average Bonchev–Trinajstić information content (AvgIpc) is 2.06. The van der Waals surface area contributed by atoms with Crippen LogP contribution in [-0.4, -0.2) is 0 Å². The van der Waals surface area contributed by atoms with Crippen molar-refractivity contribution in [2.24, 2.45) is 11.7 Å². The van der Waals surface area contributed by atoms with Gasteiger partial charge in [-0.3, -0.25) is 0 Å². The van der Waals surface area contributed by atoms with E-state index in [9.17, 15) is 0 Å². The van der Waals surface area contributed by atoms with Gasteiger partial charge in [0.05, 0.1) is 0 Å². The van der Waals surface area contributed by atoms with Crippen LogP contribution in [0.2, 0.25) is 5.02 Å². The summed E-state index contributed by atoms with van der Waals surface area (Å²) in [5.74, 6) is 0.673. The molecule has 1 unspecified atom stereocenters. The summed E-state index contributed by atoms with van der Waals surface area (Å²) in [7, 11) is 0. The van der Waals surface area contributed by atoms with Crippen molar-refractivity contribution < 1.29 is 0 Å². The molecule has 0 heterocycles. The van der Waals surface area contributed by atoms with Gasteiger partial charge in [0.1, 0.15) is 0 Å². The lowest BCUT2D eigenvalue weighted by Crippen LogP contribution is -2.27. The molecular formula is C12H16ClN. The molecule has 1 aliphatic carbocycles. The van der Waals surface area contributed by atoms with E-state index in [0.29, 0.717) is 5.92 Å². The van der Waals surface area contributed by atoms with E-state index in [4.69, 9.17) is 17.3 Å². The molecule has 1 nitrogen and oxygen atoms in total. The lowest BCUT2D eigenvalue weighted by Gasteiger charge is -2.32. The fourth-order valence-electron chi connectivity index (χ4n) is 2.04. The summed E-state index contributed by atoms with van der Waals surface area (Å²) in [5, 5.41) is 0.831. The smallest absolute Gasteiger partial charge is 0.0438 e. The molecular weight excluding hydrogens is 194 g/mol. The molecule has 0 bridgehead atoms. The van der Waals surface area contributed by atoms with Gasteiger partial charge in [0, 0.05) is 11.1 Å². The van der Waals surface area contributed by atoms with E-state index in [1.807, 2.05) is 12.1 Å². The Morgan fingerprint density at radius 2 is 2.14 bits per heavy atom. The van der Waals surface area contributed by atoms with Gasteiger partial charge < -0.3 is 5.73 Å². The lowest BCUT2D eigenvalue weighted by molar-refractivity contribution is 0.264. The van der Waals surface area contributed by atoms with Gasteiger partial charge in [0.2, 0.25) is 0 Å². The van der Waals surface area contributed by atoms with Crippen molar-refractivity contribution in [1.82, 2.24) is 0 Å². The van der Waals surface area contributed by atoms with Crippen molar-refractivity contribution in [3.05, 3.63) is 34.3 Å². The van der Waals surface area contributed by atoms with Crippen molar-refractivity contribution in [3.8, 4) is 0 Å². The van der Waals surface area contributed by atoms with E-state index in [-0.39, 0.29) is 6.04 Å². The van der Waals surface area contributed by atoms with Crippen LogP contribution in [0.1, 0.15) is 36.4 Å². The SMILES string of the molecule is Cc1c(Cl)cccc1C(N)C1CCC1. The standard InChI is InChI=1S/C12H16ClN/c1-8-10(6-3-7-11(8)13)12(14)9-4-2-5-9/h3,6-7,9,12H,2,4-5,14H2,1H3. The molecule has 1 aromatic rings. The van der Waals surface area contributed by atoms with Crippen LogP contribution in [-0.2, 0) is 0 Å². The molecule has 1 atom stereocenters. The highest BCUT2D eigenvalue weighted by Crippen LogP contribution is 2.38. The molecule has 1 aromatic carbocycles. The van der Waals surface area contributed by atoms with Gasteiger partial charge in [-0.1, -0.05) is 30.2 Å². The van der Waals surface area contributed by atoms with Crippen LogP contribution < -0.4 is 5.73 Å². The molecule has 0 aliphatic heterocycles. The van der Waals surface area contributed by atoms with Gasteiger partial charge in [0.25, 0.3) is 0 Å². The second-order valence-corrected chi connectivity index (χ2v) is 4.58. The number of rotatable bonds is 2. The minimum Gasteiger partial charge on any atom is -0.324 e. The molecule has 2 heteroatoms. The highest BCUT2D eigenvalue weighted by Gasteiger charge is 2.26. The number of hydrogen-bond donors (Lipinski definition) is 1. The van der Waals surface area contributed by atoms with E-state index in [2.05, 4.69) is 13.0 Å². The van der Waals surface area contributed by atoms with E-state index >= 15 is 0 Å². The lowest BCUT2D eigenvalue weighted by atomic mass is 9.77. The zero-order chi connectivity index (χ0) is 10.1. The Morgan fingerprint density at radius 1 is 1.43 bits per heavy atom. The largest absolute Gasteiger partial charge is 0.324 e. The predicted octanol–water partition coefficient (Wildman–Crippen LogP) is 3.45. The first-order valence-electron chi connectivity index (χ1n) is 5.20. The Hall–Kier alpha value is -0.530. The van der Waals surface area contributed by atoms with Crippen molar-refractivity contribution in [3.63, 3.8) is 0 Å². The molecule has 1 saturated carbocycles. The second-order valence-electron chi connectivity index (χ2n) is 4.17. The van der Waals surface area contributed by atoms with Crippen LogP contribution >= 0.6 is 11.6 Å². The Morgan fingerprint density at radius 3 is 2.71 bits per heavy atom. The average molecular weight is 210 g/mol. The fraction of sp³-hybridized carbons (Fsp3) is 0.500. The van der Waals surface area contributed by atoms with Gasteiger partial charge in [-0.15, -0.1) is 0 Å². The highest BCUT2D eigenvalue weighted by molar-refractivity contribution is 6.31. The first-order valence-corrected chi connectivity index (χ1v) is 5.58. The topological polar surface area (TPSA) is 26.0 Å². The summed E-state index contributed by atoms with van der Waals surface area (Å²) in [6, 6.07) is 6.20. The summed E-state index contributed by atoms with van der Waals surface area (Å²) >= 11 is 6.07. The summed E-state index contributed by atoms with van der Waals surface area (Å²) in [6.45, 7) is 2.05. The molecule has 1 aliphatic rings. The van der Waals surface area contributed by atoms with E-state index in [0.717, 1.165) is 10.6 Å². The van der Waals surface area contributed by atoms with E-state index in [1.165, 1.54) is 24.8 Å². The van der Waals surface area contributed by atoms with Crippen molar-refractivity contribution in [2.75, 3.05) is 0 Å². The van der Waals surface area contributed by atoms with Crippen LogP contribution in [0.3, 0.4) is 0 Å². The van der Waals surface area contributed by atoms with Gasteiger partial charge in [-0.25, -0.2) is 0 Å². The quantitative estimate of drug-likeness (QED) is 0.794. The normalized spacial score (nSPS) is 19.1. The molecule has 76 valence electrons. The van der Waals surface area contributed by atoms with Crippen LogP contribution in [0.4, 0.5) is 0 Å². The van der Waals surface area contributed by atoms with Crippen molar-refractivity contribution in [2.45, 2.75) is 32.2 Å². The van der Waals surface area contributed by atoms with Crippen LogP contribution in [0, 0.1) is 12.8 Å². The summed E-state index contributed by atoms with van der Waals surface area (Å²) < 4.78 is 0. The summed E-state index contributed by atoms with van der Waals surface area (Å²) in [5.41, 5.74) is 8.58. The Kier molecular flexibility index (Phi) is 2.80. The fourth-order valence-corrected chi connectivity index (χ4v) is 2.22. The first kappa shape index (κ1) is 10.0. The predicted molar refractivity (Wildman–Crippen MR) is 60.5 cm³/mol. The number of benzene rings is 1. The zero-order valence-electron chi connectivity index (χ0n) is 8.46. The molecule has 0 spiro atoms. The van der Waals surface area contributed by atoms with Crippen molar-refractivity contribution >= 4 is 11.6 Å². The molecule has 2 N–H and O–H groups in total. The van der Waals surface area contributed by atoms with Crippen LogP contribution in [0.15, 0.2) is 18.2 Å². The molecule has 1 fully saturated rings. The van der Waals surface area contributed by atoms with E-state index < -0.39 is 0 Å². The Labute approximate surface area is 90.3 Å². The van der Waals surface area contributed by atoms with Crippen molar-refractivity contribution in [1.29, 1.82) is 0 Å². The minimum atomic E-state index is 0.183. The molecule has 0 aromatic heterocycles. The Balaban J connectivity index is 2.26. The third-order valence-electron chi connectivity index (χ3n) is 3.33. The number of nitrogens with two attached hydrogens (primary N) is 1. The maximum Gasteiger partial charge on any atom is 0.0438 e. The maximum atomic E-state index is 6.21. The Bertz CT molecular complexity index is 331. The zero-order valence-corrected chi connectivity index (χ0v) is 9.22. The molecule has 0 amide bonds. The van der Waals surface area contributed by atoms with E-state index in [1.54, 1.807) is 0 Å². The molecule has 2 rings (SSSR count). The highest BCUT2D eigenvalue weighted by atomic mass is 35.5. The van der Waals surface area contributed by atoms with Gasteiger partial charge in [-0.05, 0) is 42.9 Å². The molecule has 0 saturated heterocycles. The van der Waals surface area contributed by atoms with Gasteiger partial charge in [0.15, 0.2) is 0 Å². The number of halogens is 1. The third kappa shape index (κ3) is 1.67. The first-order chi connectivity index (χ1) is 6.70. The summed E-state index contributed by atoms with van der Waals surface area (Å²) in [4.78, 5) is 0. The van der Waals surface area contributed by atoms with Gasteiger partial charge in [-0.2, -0.15) is 0 Å². The molecule has 14 heavy (non-hydrogen) atoms. The molecule has 0 radical (unpaired) electrons. The summed E-state index contributed by atoms with van der Waals surface area (Å²) in [6.07, 6.45) is 3.87. The third-order valence-corrected chi connectivity index (χ3v) is 3.74. The maximum absolute atomic E-state index is 6.21. The van der Waals surface area contributed by atoms with Crippen LogP contribution in [0.5, 0.6) is 0 Å². The monoisotopic (exact) mass is 209 g/mol.